The molecule has 1 amide bonds. The Hall–Kier alpha value is -1.51. The second kappa shape index (κ2) is 6.43. The molecule has 1 aromatic rings. The van der Waals surface area contributed by atoms with E-state index in [1.54, 1.807) is 0 Å². The summed E-state index contributed by atoms with van der Waals surface area (Å²) in [6.07, 6.45) is 0. The topological polar surface area (TPSA) is 38.3 Å². The number of carbonyl (C=O) groups excluding carboxylic acids is 1. The lowest BCUT2D eigenvalue weighted by Gasteiger charge is -2.16. The van der Waals surface area contributed by atoms with E-state index in [0.29, 0.717) is 6.61 Å². The fourth-order valence-electron chi connectivity index (χ4n) is 1.48. The van der Waals surface area contributed by atoms with E-state index in [1.807, 2.05) is 39.0 Å². The third-order valence-electron chi connectivity index (χ3n) is 2.89. The molecule has 0 aliphatic carbocycles. The van der Waals surface area contributed by atoms with Gasteiger partial charge in [0.25, 0.3) is 0 Å². The average molecular weight is 249 g/mol. The van der Waals surface area contributed by atoms with Gasteiger partial charge in [-0.25, -0.2) is 0 Å². The maximum absolute atomic E-state index is 11.5. The second-order valence-corrected chi connectivity index (χ2v) is 5.12. The van der Waals surface area contributed by atoms with Crippen molar-refractivity contribution in [1.29, 1.82) is 0 Å². The summed E-state index contributed by atoms with van der Waals surface area (Å²) < 4.78 is 5.67. The molecule has 3 heteroatoms. The number of aryl methyl sites for hydroxylation is 2. The van der Waals surface area contributed by atoms with E-state index in [4.69, 9.17) is 4.74 Å². The summed E-state index contributed by atoms with van der Waals surface area (Å²) in [7, 11) is 0. The summed E-state index contributed by atoms with van der Waals surface area (Å²) in [5.74, 6) is 0.920. The number of carbonyl (C=O) groups is 1. The number of benzene rings is 1. The van der Waals surface area contributed by atoms with E-state index >= 15 is 0 Å². The lowest BCUT2D eigenvalue weighted by Crippen LogP contribution is -2.39. The zero-order valence-corrected chi connectivity index (χ0v) is 11.9. The Labute approximate surface area is 110 Å². The van der Waals surface area contributed by atoms with Gasteiger partial charge in [0.1, 0.15) is 12.4 Å². The Bertz CT molecular complexity index is 413. The summed E-state index contributed by atoms with van der Waals surface area (Å²) in [5.41, 5.74) is 2.47. The molecular weight excluding hydrogens is 226 g/mol. The van der Waals surface area contributed by atoms with E-state index < -0.39 is 0 Å². The molecule has 0 aliphatic rings. The van der Waals surface area contributed by atoms with Crippen molar-refractivity contribution in [2.45, 2.75) is 40.7 Å². The van der Waals surface area contributed by atoms with Crippen LogP contribution in [-0.2, 0) is 4.79 Å². The molecule has 1 unspecified atom stereocenters. The molecule has 0 heterocycles. The predicted octanol–water partition coefficient (Wildman–Crippen LogP) is 2.84. The lowest BCUT2D eigenvalue weighted by atomic mass is 10.1. The number of hydrogen-bond acceptors (Lipinski definition) is 2. The van der Waals surface area contributed by atoms with E-state index in [2.05, 4.69) is 19.2 Å². The number of rotatable bonds is 5. The second-order valence-electron chi connectivity index (χ2n) is 5.12. The first-order valence-corrected chi connectivity index (χ1v) is 6.40. The van der Waals surface area contributed by atoms with Crippen LogP contribution in [0.4, 0.5) is 0 Å². The van der Waals surface area contributed by atoms with E-state index in [-0.39, 0.29) is 17.9 Å². The third-order valence-corrected chi connectivity index (χ3v) is 2.89. The van der Waals surface area contributed by atoms with Crippen LogP contribution in [0.1, 0.15) is 31.9 Å². The molecule has 18 heavy (non-hydrogen) atoms. The first-order chi connectivity index (χ1) is 8.40. The maximum Gasteiger partial charge on any atom is 0.222 e. The van der Waals surface area contributed by atoms with Gasteiger partial charge in [0.2, 0.25) is 5.91 Å². The van der Waals surface area contributed by atoms with Crippen LogP contribution in [0.3, 0.4) is 0 Å². The van der Waals surface area contributed by atoms with Crippen molar-refractivity contribution >= 4 is 5.91 Å². The standard InChI is InChI=1S/C15H23NO2/c1-10(2)15(17)16-13(5)9-18-14-7-6-11(3)12(4)8-14/h6-8,10,13H,9H2,1-5H3,(H,16,17). The minimum Gasteiger partial charge on any atom is -0.491 e. The van der Waals surface area contributed by atoms with Crippen LogP contribution in [0, 0.1) is 19.8 Å². The molecule has 0 fully saturated rings. The molecule has 0 spiro atoms. The number of ether oxygens (including phenoxy) is 1. The summed E-state index contributed by atoms with van der Waals surface area (Å²) in [6.45, 7) is 10.3. The summed E-state index contributed by atoms with van der Waals surface area (Å²) in [4.78, 5) is 11.5. The van der Waals surface area contributed by atoms with Gasteiger partial charge < -0.3 is 10.1 Å². The molecule has 1 aromatic carbocycles. The molecule has 0 saturated carbocycles. The molecule has 100 valence electrons. The third kappa shape index (κ3) is 4.40. The van der Waals surface area contributed by atoms with Crippen LogP contribution >= 0.6 is 0 Å². The first kappa shape index (κ1) is 14.6. The number of amides is 1. The molecule has 0 aliphatic heterocycles. The average Bonchev–Trinajstić information content (AvgIpc) is 2.30. The Morgan fingerprint density at radius 3 is 2.44 bits per heavy atom. The molecule has 1 atom stereocenters. The zero-order chi connectivity index (χ0) is 13.7. The van der Waals surface area contributed by atoms with Gasteiger partial charge in [-0.1, -0.05) is 19.9 Å². The van der Waals surface area contributed by atoms with Gasteiger partial charge in [-0.05, 0) is 44.0 Å². The van der Waals surface area contributed by atoms with Crippen molar-refractivity contribution in [3.05, 3.63) is 29.3 Å². The van der Waals surface area contributed by atoms with Crippen LogP contribution in [0.25, 0.3) is 0 Å². The van der Waals surface area contributed by atoms with Crippen molar-refractivity contribution < 1.29 is 9.53 Å². The SMILES string of the molecule is Cc1ccc(OCC(C)NC(=O)C(C)C)cc1C. The highest BCUT2D eigenvalue weighted by Crippen LogP contribution is 2.16. The summed E-state index contributed by atoms with van der Waals surface area (Å²) >= 11 is 0. The smallest absolute Gasteiger partial charge is 0.222 e. The van der Waals surface area contributed by atoms with Gasteiger partial charge in [-0.2, -0.15) is 0 Å². The lowest BCUT2D eigenvalue weighted by molar-refractivity contribution is -0.124. The van der Waals surface area contributed by atoms with Crippen molar-refractivity contribution in [2.75, 3.05) is 6.61 Å². The molecule has 3 nitrogen and oxygen atoms in total. The van der Waals surface area contributed by atoms with Gasteiger partial charge in [-0.15, -0.1) is 0 Å². The monoisotopic (exact) mass is 249 g/mol. The molecule has 0 saturated heterocycles. The van der Waals surface area contributed by atoms with E-state index in [0.717, 1.165) is 5.75 Å². The van der Waals surface area contributed by atoms with Crippen LogP contribution in [0.5, 0.6) is 5.75 Å². The van der Waals surface area contributed by atoms with Crippen molar-refractivity contribution in [1.82, 2.24) is 5.32 Å². The van der Waals surface area contributed by atoms with E-state index in [1.165, 1.54) is 11.1 Å². The van der Waals surface area contributed by atoms with Crippen molar-refractivity contribution in [3.63, 3.8) is 0 Å². The number of nitrogens with one attached hydrogen (secondary N) is 1. The first-order valence-electron chi connectivity index (χ1n) is 6.40. The van der Waals surface area contributed by atoms with Crippen LogP contribution in [0.15, 0.2) is 18.2 Å². The fraction of sp³-hybridized carbons (Fsp3) is 0.533. The molecule has 0 aromatic heterocycles. The van der Waals surface area contributed by atoms with Gasteiger partial charge in [0, 0.05) is 5.92 Å². The number of hydrogen-bond donors (Lipinski definition) is 1. The van der Waals surface area contributed by atoms with Crippen LogP contribution in [0.2, 0.25) is 0 Å². The molecule has 1 N–H and O–H groups in total. The highest BCUT2D eigenvalue weighted by atomic mass is 16.5. The van der Waals surface area contributed by atoms with Gasteiger partial charge >= 0.3 is 0 Å². The van der Waals surface area contributed by atoms with Gasteiger partial charge in [0.05, 0.1) is 6.04 Å². The predicted molar refractivity (Wildman–Crippen MR) is 73.9 cm³/mol. The Kier molecular flexibility index (Phi) is 5.20. The molecule has 1 rings (SSSR count). The Morgan fingerprint density at radius 2 is 1.89 bits per heavy atom. The van der Waals surface area contributed by atoms with Gasteiger partial charge in [0.15, 0.2) is 0 Å². The quantitative estimate of drug-likeness (QED) is 0.871. The van der Waals surface area contributed by atoms with Crippen molar-refractivity contribution in [3.8, 4) is 5.75 Å². The van der Waals surface area contributed by atoms with E-state index in [9.17, 15) is 4.79 Å². The molecule has 0 bridgehead atoms. The van der Waals surface area contributed by atoms with Gasteiger partial charge in [-0.3, -0.25) is 4.79 Å². The fourth-order valence-corrected chi connectivity index (χ4v) is 1.48. The Balaban J connectivity index is 2.45. The minimum absolute atomic E-state index is 0.00840. The summed E-state index contributed by atoms with van der Waals surface area (Å²) in [6, 6.07) is 6.04. The van der Waals surface area contributed by atoms with Crippen molar-refractivity contribution in [2.24, 2.45) is 5.92 Å². The largest absolute Gasteiger partial charge is 0.491 e. The normalized spacial score (nSPS) is 12.3. The van der Waals surface area contributed by atoms with Crippen LogP contribution in [-0.4, -0.2) is 18.6 Å². The zero-order valence-electron chi connectivity index (χ0n) is 11.9. The summed E-state index contributed by atoms with van der Waals surface area (Å²) in [5, 5.41) is 2.91. The Morgan fingerprint density at radius 1 is 1.22 bits per heavy atom. The highest BCUT2D eigenvalue weighted by molar-refractivity contribution is 5.78. The minimum atomic E-state index is 0.00840. The molecule has 0 radical (unpaired) electrons. The van der Waals surface area contributed by atoms with Crippen LogP contribution < -0.4 is 10.1 Å². The highest BCUT2D eigenvalue weighted by Gasteiger charge is 2.11. The molecular formula is C15H23NO2. The maximum atomic E-state index is 11.5.